The van der Waals surface area contributed by atoms with Gasteiger partial charge in [0.05, 0.1) is 5.56 Å². The Bertz CT molecular complexity index is 494. The molecule has 2 heterocycles. The number of carbonyl (C=O) groups excluding carboxylic acids is 1. The highest BCUT2D eigenvalue weighted by Crippen LogP contribution is 2.27. The van der Waals surface area contributed by atoms with Gasteiger partial charge in [-0.05, 0) is 37.7 Å². The van der Waals surface area contributed by atoms with Crippen LogP contribution in [0.4, 0.5) is 0 Å². The van der Waals surface area contributed by atoms with Gasteiger partial charge in [0.1, 0.15) is 12.0 Å². The molecule has 1 aromatic heterocycles. The summed E-state index contributed by atoms with van der Waals surface area (Å²) in [7, 11) is 0. The number of hydrogen-bond acceptors (Lipinski definition) is 3. The molecule has 1 amide bonds. The van der Waals surface area contributed by atoms with E-state index in [0.29, 0.717) is 12.1 Å². The zero-order valence-corrected chi connectivity index (χ0v) is 12.0. The lowest BCUT2D eigenvalue weighted by atomic mass is 9.84. The fraction of sp³-hybridized carbons (Fsp3) is 0.600. The normalized spacial score (nSPS) is 20.7. The average molecular weight is 279 g/mol. The number of carboxylic acids is 1. The molecule has 0 radical (unpaired) electrons. The third-order valence-electron chi connectivity index (χ3n) is 4.02. The molecule has 1 fully saturated rings. The highest BCUT2D eigenvalue weighted by atomic mass is 16.4. The van der Waals surface area contributed by atoms with E-state index in [-0.39, 0.29) is 24.2 Å². The summed E-state index contributed by atoms with van der Waals surface area (Å²) in [5.41, 5.74) is 0.578. The van der Waals surface area contributed by atoms with E-state index in [0.717, 1.165) is 25.1 Å². The largest absolute Gasteiger partial charge is 0.481 e. The quantitative estimate of drug-likeness (QED) is 0.919. The molecular weight excluding hydrogens is 258 g/mol. The van der Waals surface area contributed by atoms with Crippen LogP contribution < -0.4 is 0 Å². The third-order valence-corrected chi connectivity index (χ3v) is 4.02. The topological polar surface area (TPSA) is 70.8 Å². The Morgan fingerprint density at radius 1 is 1.55 bits per heavy atom. The fourth-order valence-corrected chi connectivity index (χ4v) is 2.84. The molecule has 5 nitrogen and oxygen atoms in total. The number of carbonyl (C=O) groups is 2. The molecule has 1 aliphatic heterocycles. The van der Waals surface area contributed by atoms with Crippen molar-refractivity contribution in [3.05, 3.63) is 23.7 Å². The number of carboxylic acid groups (broad SMARTS) is 1. The Labute approximate surface area is 118 Å². The standard InChI is InChI=1S/C15H21NO4/c1-10(6-14(17)18)12-4-3-5-16(8-12)15(19)13-7-11(2)20-9-13/h7,9-10,12H,3-6,8H2,1-2H3,(H,17,18). The lowest BCUT2D eigenvalue weighted by Gasteiger charge is -2.35. The molecule has 1 aliphatic rings. The molecule has 0 bridgehead atoms. The second-order valence-corrected chi connectivity index (χ2v) is 5.67. The number of piperidine rings is 1. The SMILES string of the molecule is Cc1cc(C(=O)N2CCCC(C(C)CC(=O)O)C2)co1. The van der Waals surface area contributed by atoms with Gasteiger partial charge in [0, 0.05) is 19.5 Å². The van der Waals surface area contributed by atoms with Gasteiger partial charge >= 0.3 is 5.97 Å². The Morgan fingerprint density at radius 3 is 2.90 bits per heavy atom. The van der Waals surface area contributed by atoms with E-state index in [9.17, 15) is 9.59 Å². The van der Waals surface area contributed by atoms with E-state index >= 15 is 0 Å². The number of aliphatic carboxylic acids is 1. The summed E-state index contributed by atoms with van der Waals surface area (Å²) in [6.45, 7) is 5.14. The van der Waals surface area contributed by atoms with Crippen molar-refractivity contribution in [3.8, 4) is 0 Å². The Balaban J connectivity index is 1.99. The zero-order chi connectivity index (χ0) is 14.7. The van der Waals surface area contributed by atoms with E-state index in [4.69, 9.17) is 9.52 Å². The third kappa shape index (κ3) is 3.40. The molecule has 1 N–H and O–H groups in total. The van der Waals surface area contributed by atoms with Crippen LogP contribution in [0.2, 0.25) is 0 Å². The minimum Gasteiger partial charge on any atom is -0.481 e. The van der Waals surface area contributed by atoms with Crippen LogP contribution >= 0.6 is 0 Å². The summed E-state index contributed by atoms with van der Waals surface area (Å²) in [6, 6.07) is 1.74. The van der Waals surface area contributed by atoms with Crippen LogP contribution in [0, 0.1) is 18.8 Å². The van der Waals surface area contributed by atoms with Crippen LogP contribution in [0.1, 0.15) is 42.3 Å². The minimum atomic E-state index is -0.772. The highest BCUT2D eigenvalue weighted by molar-refractivity contribution is 5.94. The predicted molar refractivity (Wildman–Crippen MR) is 73.5 cm³/mol. The molecule has 1 aromatic rings. The molecule has 0 aliphatic carbocycles. The van der Waals surface area contributed by atoms with Gasteiger partial charge in [-0.25, -0.2) is 0 Å². The zero-order valence-electron chi connectivity index (χ0n) is 12.0. The van der Waals surface area contributed by atoms with Gasteiger partial charge in [0.2, 0.25) is 0 Å². The molecule has 5 heteroatoms. The molecular formula is C15H21NO4. The van der Waals surface area contributed by atoms with Crippen molar-refractivity contribution < 1.29 is 19.1 Å². The summed E-state index contributed by atoms with van der Waals surface area (Å²) in [5.74, 6) is 0.285. The summed E-state index contributed by atoms with van der Waals surface area (Å²) >= 11 is 0. The van der Waals surface area contributed by atoms with E-state index in [1.165, 1.54) is 6.26 Å². The van der Waals surface area contributed by atoms with Crippen molar-refractivity contribution in [1.82, 2.24) is 4.90 Å². The van der Waals surface area contributed by atoms with Gasteiger partial charge in [0.15, 0.2) is 0 Å². The van der Waals surface area contributed by atoms with E-state index in [1.807, 2.05) is 18.7 Å². The van der Waals surface area contributed by atoms with Crippen LogP contribution in [0.5, 0.6) is 0 Å². The smallest absolute Gasteiger partial charge is 0.303 e. The summed E-state index contributed by atoms with van der Waals surface area (Å²) in [4.78, 5) is 25.0. The number of nitrogens with zero attached hydrogens (tertiary/aromatic N) is 1. The maximum absolute atomic E-state index is 12.4. The van der Waals surface area contributed by atoms with Gasteiger partial charge in [0.25, 0.3) is 5.91 Å². The summed E-state index contributed by atoms with van der Waals surface area (Å²) in [5, 5.41) is 8.88. The minimum absolute atomic E-state index is 0.0194. The van der Waals surface area contributed by atoms with Crippen LogP contribution in [0.25, 0.3) is 0 Å². The molecule has 0 saturated carbocycles. The van der Waals surface area contributed by atoms with E-state index in [1.54, 1.807) is 6.07 Å². The monoisotopic (exact) mass is 279 g/mol. The van der Waals surface area contributed by atoms with Crippen molar-refractivity contribution >= 4 is 11.9 Å². The molecule has 0 spiro atoms. The van der Waals surface area contributed by atoms with Gasteiger partial charge in [-0.1, -0.05) is 6.92 Å². The molecule has 20 heavy (non-hydrogen) atoms. The van der Waals surface area contributed by atoms with Crippen LogP contribution in [-0.2, 0) is 4.79 Å². The molecule has 2 unspecified atom stereocenters. The van der Waals surface area contributed by atoms with Gasteiger partial charge in [-0.2, -0.15) is 0 Å². The predicted octanol–water partition coefficient (Wildman–Crippen LogP) is 2.55. The number of amides is 1. The van der Waals surface area contributed by atoms with Gasteiger partial charge in [-0.15, -0.1) is 0 Å². The van der Waals surface area contributed by atoms with Crippen molar-refractivity contribution in [1.29, 1.82) is 0 Å². The first kappa shape index (κ1) is 14.6. The molecule has 1 saturated heterocycles. The first-order valence-electron chi connectivity index (χ1n) is 7.03. The molecule has 0 aromatic carbocycles. The molecule has 2 rings (SSSR count). The Hall–Kier alpha value is -1.78. The van der Waals surface area contributed by atoms with Gasteiger partial charge in [-0.3, -0.25) is 9.59 Å². The second kappa shape index (κ2) is 6.11. The van der Waals surface area contributed by atoms with Crippen molar-refractivity contribution in [2.24, 2.45) is 11.8 Å². The maximum Gasteiger partial charge on any atom is 0.303 e. The van der Waals surface area contributed by atoms with E-state index in [2.05, 4.69) is 0 Å². The fourth-order valence-electron chi connectivity index (χ4n) is 2.84. The van der Waals surface area contributed by atoms with Crippen LogP contribution in [0.15, 0.2) is 16.7 Å². The Morgan fingerprint density at radius 2 is 2.30 bits per heavy atom. The lowest BCUT2D eigenvalue weighted by molar-refractivity contribution is -0.138. The Kier molecular flexibility index (Phi) is 4.47. The number of rotatable bonds is 4. The molecule has 2 atom stereocenters. The van der Waals surface area contributed by atoms with E-state index < -0.39 is 5.97 Å². The summed E-state index contributed by atoms with van der Waals surface area (Å²) < 4.78 is 5.18. The summed E-state index contributed by atoms with van der Waals surface area (Å²) in [6.07, 6.45) is 3.57. The lowest BCUT2D eigenvalue weighted by Crippen LogP contribution is -2.41. The van der Waals surface area contributed by atoms with Crippen molar-refractivity contribution in [2.75, 3.05) is 13.1 Å². The number of furan rings is 1. The number of likely N-dealkylation sites (tertiary alicyclic amines) is 1. The molecule has 110 valence electrons. The van der Waals surface area contributed by atoms with Crippen LogP contribution in [-0.4, -0.2) is 35.0 Å². The average Bonchev–Trinajstić information content (AvgIpc) is 2.84. The first-order valence-corrected chi connectivity index (χ1v) is 7.03. The van der Waals surface area contributed by atoms with Gasteiger partial charge < -0.3 is 14.4 Å². The number of hydrogen-bond donors (Lipinski definition) is 1. The van der Waals surface area contributed by atoms with Crippen molar-refractivity contribution in [2.45, 2.75) is 33.1 Å². The maximum atomic E-state index is 12.4. The highest BCUT2D eigenvalue weighted by Gasteiger charge is 2.29. The first-order chi connectivity index (χ1) is 9.47. The van der Waals surface area contributed by atoms with Crippen molar-refractivity contribution in [3.63, 3.8) is 0 Å². The number of aryl methyl sites for hydroxylation is 1. The second-order valence-electron chi connectivity index (χ2n) is 5.67. The van der Waals surface area contributed by atoms with Crippen LogP contribution in [0.3, 0.4) is 0 Å².